The molecule has 0 radical (unpaired) electrons. The van der Waals surface area contributed by atoms with Crippen molar-refractivity contribution >= 4 is 17.7 Å². The van der Waals surface area contributed by atoms with Crippen LogP contribution >= 0.6 is 0 Å². The zero-order valence-electron chi connectivity index (χ0n) is 10.4. The van der Waals surface area contributed by atoms with Crippen molar-refractivity contribution in [3.05, 3.63) is 29.8 Å². The quantitative estimate of drug-likeness (QED) is 0.760. The summed E-state index contributed by atoms with van der Waals surface area (Å²) in [6.07, 6.45) is 2.96. The van der Waals surface area contributed by atoms with Gasteiger partial charge >= 0.3 is 12.0 Å². The monoisotopic (exact) mass is 250 g/mol. The molecule has 18 heavy (non-hydrogen) atoms. The predicted molar refractivity (Wildman–Crippen MR) is 69.9 cm³/mol. The van der Waals surface area contributed by atoms with E-state index in [1.54, 1.807) is 12.1 Å². The highest BCUT2D eigenvalue weighted by Gasteiger charge is 2.12. The molecule has 0 aliphatic heterocycles. The lowest BCUT2D eigenvalue weighted by atomic mass is 10.2. The number of hydrogen-bond donors (Lipinski definition) is 2. The Morgan fingerprint density at radius 1 is 1.22 bits per heavy atom. The van der Waals surface area contributed by atoms with Crippen molar-refractivity contribution < 1.29 is 14.7 Å². The van der Waals surface area contributed by atoms with Crippen LogP contribution in [0.1, 0.15) is 36.5 Å². The molecule has 0 atom stereocenters. The molecule has 1 aromatic rings. The number of hydrogen-bond acceptors (Lipinski definition) is 2. The molecule has 0 unspecified atom stereocenters. The van der Waals surface area contributed by atoms with Gasteiger partial charge < -0.3 is 10.8 Å². The van der Waals surface area contributed by atoms with Gasteiger partial charge in [0.1, 0.15) is 0 Å². The molecule has 5 heteroatoms. The summed E-state index contributed by atoms with van der Waals surface area (Å²) in [5, 5.41) is 8.79. The maximum absolute atomic E-state index is 11.3. The van der Waals surface area contributed by atoms with Crippen LogP contribution in [0, 0.1) is 0 Å². The molecule has 0 spiro atoms. The fraction of sp³-hybridized carbons (Fsp3) is 0.385. The Morgan fingerprint density at radius 2 is 1.83 bits per heavy atom. The zero-order chi connectivity index (χ0) is 13.5. The number of primary amides is 1. The number of anilines is 1. The van der Waals surface area contributed by atoms with Crippen molar-refractivity contribution in [3.8, 4) is 0 Å². The molecular formula is C13H18N2O3. The molecule has 0 aliphatic rings. The largest absolute Gasteiger partial charge is 0.478 e. The van der Waals surface area contributed by atoms with Crippen LogP contribution < -0.4 is 10.6 Å². The van der Waals surface area contributed by atoms with Crippen LogP contribution in [-0.2, 0) is 0 Å². The van der Waals surface area contributed by atoms with Crippen molar-refractivity contribution in [2.75, 3.05) is 11.4 Å². The van der Waals surface area contributed by atoms with E-state index in [-0.39, 0.29) is 5.56 Å². The Kier molecular flexibility index (Phi) is 5.17. The first-order chi connectivity index (χ1) is 8.56. The van der Waals surface area contributed by atoms with Crippen molar-refractivity contribution in [1.29, 1.82) is 0 Å². The van der Waals surface area contributed by atoms with Crippen LogP contribution in [-0.4, -0.2) is 23.7 Å². The number of amides is 2. The Bertz CT molecular complexity index is 415. The summed E-state index contributed by atoms with van der Waals surface area (Å²) in [6, 6.07) is 5.61. The van der Waals surface area contributed by atoms with Gasteiger partial charge in [-0.25, -0.2) is 9.59 Å². The number of nitrogens with two attached hydrogens (primary N) is 1. The number of aromatic carboxylic acids is 1. The third kappa shape index (κ3) is 3.76. The normalized spacial score (nSPS) is 10.1. The first-order valence-electron chi connectivity index (χ1n) is 5.96. The van der Waals surface area contributed by atoms with Gasteiger partial charge in [0.2, 0.25) is 0 Å². The van der Waals surface area contributed by atoms with Gasteiger partial charge in [0, 0.05) is 12.2 Å². The number of benzene rings is 1. The van der Waals surface area contributed by atoms with E-state index in [0.717, 1.165) is 19.3 Å². The van der Waals surface area contributed by atoms with E-state index in [9.17, 15) is 9.59 Å². The SMILES string of the molecule is CCCCCN(C(N)=O)c1ccc(C(=O)O)cc1. The Hall–Kier alpha value is -2.04. The van der Waals surface area contributed by atoms with Crippen molar-refractivity contribution in [1.82, 2.24) is 0 Å². The number of rotatable bonds is 6. The van der Waals surface area contributed by atoms with Gasteiger partial charge in [-0.15, -0.1) is 0 Å². The molecule has 0 heterocycles. The second-order valence-electron chi connectivity index (χ2n) is 4.05. The molecule has 0 aromatic heterocycles. The van der Waals surface area contributed by atoms with E-state index < -0.39 is 12.0 Å². The van der Waals surface area contributed by atoms with Gasteiger partial charge in [-0.2, -0.15) is 0 Å². The number of carbonyl (C=O) groups is 2. The van der Waals surface area contributed by atoms with E-state index in [4.69, 9.17) is 10.8 Å². The Morgan fingerprint density at radius 3 is 2.28 bits per heavy atom. The minimum atomic E-state index is -0.988. The number of nitrogens with zero attached hydrogens (tertiary/aromatic N) is 1. The molecule has 98 valence electrons. The number of unbranched alkanes of at least 4 members (excludes halogenated alkanes) is 2. The fourth-order valence-corrected chi connectivity index (χ4v) is 1.67. The summed E-state index contributed by atoms with van der Waals surface area (Å²) in [6.45, 7) is 2.63. The summed E-state index contributed by atoms with van der Waals surface area (Å²) in [5.41, 5.74) is 6.14. The lowest BCUT2D eigenvalue weighted by molar-refractivity contribution is 0.0697. The third-order valence-corrected chi connectivity index (χ3v) is 2.68. The van der Waals surface area contributed by atoms with Crippen LogP contribution in [0.4, 0.5) is 10.5 Å². The van der Waals surface area contributed by atoms with E-state index in [0.29, 0.717) is 12.2 Å². The molecule has 0 aliphatic carbocycles. The van der Waals surface area contributed by atoms with E-state index in [1.165, 1.54) is 17.0 Å². The van der Waals surface area contributed by atoms with Gasteiger partial charge in [-0.1, -0.05) is 19.8 Å². The second kappa shape index (κ2) is 6.64. The molecule has 0 bridgehead atoms. The highest BCUT2D eigenvalue weighted by molar-refractivity contribution is 5.92. The number of carboxylic acids is 1. The topological polar surface area (TPSA) is 83.6 Å². The van der Waals surface area contributed by atoms with Crippen LogP contribution in [0.25, 0.3) is 0 Å². The Labute approximate surface area is 106 Å². The van der Waals surface area contributed by atoms with Gasteiger partial charge in [-0.05, 0) is 30.7 Å². The van der Waals surface area contributed by atoms with Crippen LogP contribution in [0.2, 0.25) is 0 Å². The van der Waals surface area contributed by atoms with E-state index in [1.807, 2.05) is 0 Å². The molecule has 5 nitrogen and oxygen atoms in total. The molecule has 0 saturated heterocycles. The first-order valence-corrected chi connectivity index (χ1v) is 5.96. The van der Waals surface area contributed by atoms with Crippen molar-refractivity contribution in [3.63, 3.8) is 0 Å². The average Bonchev–Trinajstić information content (AvgIpc) is 2.34. The maximum atomic E-state index is 11.3. The van der Waals surface area contributed by atoms with Crippen molar-refractivity contribution in [2.45, 2.75) is 26.2 Å². The molecule has 0 saturated carbocycles. The number of carbonyl (C=O) groups excluding carboxylic acids is 1. The fourth-order valence-electron chi connectivity index (χ4n) is 1.67. The lowest BCUT2D eigenvalue weighted by Crippen LogP contribution is -2.36. The van der Waals surface area contributed by atoms with Crippen LogP contribution in [0.3, 0.4) is 0 Å². The van der Waals surface area contributed by atoms with Crippen LogP contribution in [0.15, 0.2) is 24.3 Å². The molecule has 1 aromatic carbocycles. The smallest absolute Gasteiger partial charge is 0.335 e. The summed E-state index contributed by atoms with van der Waals surface area (Å²) in [7, 11) is 0. The highest BCUT2D eigenvalue weighted by atomic mass is 16.4. The van der Waals surface area contributed by atoms with Gasteiger partial charge in [-0.3, -0.25) is 4.90 Å². The van der Waals surface area contributed by atoms with Gasteiger partial charge in [0.15, 0.2) is 0 Å². The molecule has 1 rings (SSSR count). The van der Waals surface area contributed by atoms with Gasteiger partial charge in [0.25, 0.3) is 0 Å². The summed E-state index contributed by atoms with van der Waals surface area (Å²) >= 11 is 0. The number of carboxylic acid groups (broad SMARTS) is 1. The zero-order valence-corrected chi connectivity index (χ0v) is 10.4. The average molecular weight is 250 g/mol. The minimum Gasteiger partial charge on any atom is -0.478 e. The van der Waals surface area contributed by atoms with Crippen LogP contribution in [0.5, 0.6) is 0 Å². The molecule has 3 N–H and O–H groups in total. The Balaban J connectivity index is 2.79. The predicted octanol–water partition coefficient (Wildman–Crippen LogP) is 2.46. The highest BCUT2D eigenvalue weighted by Crippen LogP contribution is 2.16. The van der Waals surface area contributed by atoms with E-state index >= 15 is 0 Å². The molecular weight excluding hydrogens is 232 g/mol. The summed E-state index contributed by atoms with van der Waals surface area (Å²) < 4.78 is 0. The third-order valence-electron chi connectivity index (χ3n) is 2.68. The van der Waals surface area contributed by atoms with E-state index in [2.05, 4.69) is 6.92 Å². The van der Waals surface area contributed by atoms with Crippen molar-refractivity contribution in [2.24, 2.45) is 5.73 Å². The minimum absolute atomic E-state index is 0.191. The first kappa shape index (κ1) is 14.0. The summed E-state index contributed by atoms with van der Waals surface area (Å²) in [5.74, 6) is -0.988. The lowest BCUT2D eigenvalue weighted by Gasteiger charge is -2.20. The maximum Gasteiger partial charge on any atom is 0.335 e. The standard InChI is InChI=1S/C13H18N2O3/c1-2-3-4-9-15(13(14)18)11-7-5-10(6-8-11)12(16)17/h5-8H,2-4,9H2,1H3,(H2,14,18)(H,16,17). The molecule has 0 fully saturated rings. The summed E-state index contributed by atoms with van der Waals surface area (Å²) in [4.78, 5) is 23.5. The number of urea groups is 1. The second-order valence-corrected chi connectivity index (χ2v) is 4.05. The van der Waals surface area contributed by atoms with Gasteiger partial charge in [0.05, 0.1) is 5.56 Å². The molecule has 2 amide bonds.